The molecule has 0 N–H and O–H groups in total. The summed E-state index contributed by atoms with van der Waals surface area (Å²) in [4.78, 5) is 10.0. The molecule has 0 saturated carbocycles. The average molecular weight is 643 g/mol. The number of aliphatic imine (C=N–C) groups is 2. The van der Waals surface area contributed by atoms with E-state index in [1.807, 2.05) is 0 Å². The fraction of sp³-hybridized carbons (Fsp3) is 0.379. The van der Waals surface area contributed by atoms with Crippen molar-refractivity contribution < 1.29 is 11.3 Å². The van der Waals surface area contributed by atoms with Crippen molar-refractivity contribution in [2.24, 2.45) is 17.0 Å². The Kier molecular flexibility index (Phi) is 10.8. The number of aromatic nitrogens is 1. The monoisotopic (exact) mass is 641 g/mol. The molecule has 0 unspecified atom stereocenters. The second-order valence-electron chi connectivity index (χ2n) is 10.6. The topological polar surface area (TPSA) is 29.6 Å². The third kappa shape index (κ3) is 8.01. The Morgan fingerprint density at radius 3 is 1.29 bits per heavy atom. The molecule has 0 aliphatic rings. The van der Waals surface area contributed by atoms with Gasteiger partial charge in [-0.3, -0.25) is 9.98 Å². The van der Waals surface area contributed by atoms with Gasteiger partial charge in [-0.2, -0.15) is 0 Å². The van der Waals surface area contributed by atoms with Crippen LogP contribution < -0.4 is 0 Å². The van der Waals surface area contributed by atoms with Gasteiger partial charge in [-0.25, -0.2) is 0 Å². The van der Waals surface area contributed by atoms with E-state index in [9.17, 15) is 0 Å². The molecule has 3 rings (SSSR count). The van der Waals surface area contributed by atoms with Crippen LogP contribution in [0.25, 0.3) is 0 Å². The molecule has 3 nitrogen and oxygen atoms in total. The van der Waals surface area contributed by atoms with Gasteiger partial charge in [0, 0.05) is 7.05 Å². The molecule has 2 aromatic carbocycles. The fourth-order valence-corrected chi connectivity index (χ4v) is 4.12. The first-order chi connectivity index (χ1) is 16.3. The van der Waals surface area contributed by atoms with Gasteiger partial charge in [0.2, 0.25) is 0 Å². The molecule has 0 saturated heterocycles. The van der Waals surface area contributed by atoms with E-state index in [2.05, 4.69) is 156 Å². The Balaban J connectivity index is 0.00000137. The average Bonchev–Trinajstić information content (AvgIpc) is 3.15. The first-order valence-electron chi connectivity index (χ1n) is 11.6. The predicted octanol–water partition coefficient (Wildman–Crippen LogP) is 9.59. The van der Waals surface area contributed by atoms with Crippen molar-refractivity contribution >= 4 is 51.0 Å². The summed E-state index contributed by atoms with van der Waals surface area (Å²) in [5, 5.41) is 0. The molecule has 0 atom stereocenters. The number of para-hydroxylation sites is 2. The second-order valence-corrected chi connectivity index (χ2v) is 16.2. The number of hydrogen-bond acceptors (Lipinski definition) is 2. The molecule has 0 aliphatic heterocycles. The van der Waals surface area contributed by atoms with Crippen LogP contribution in [-0.2, 0) is 29.2 Å². The Morgan fingerprint density at radius 1 is 0.657 bits per heavy atom. The molecule has 190 valence electrons. The number of hydrogen-bond donors (Lipinski definition) is 0. The summed E-state index contributed by atoms with van der Waals surface area (Å²) in [6, 6.07) is 21.1. The molecule has 0 bridgehead atoms. The minimum absolute atomic E-state index is 0.0451. The molecular formula is C29H37Br2FeN3. The standard InChI is InChI=1S/C29H37N3.2BrH.Fe/c1-20(30-24-16-12-10-14-22(24)28(3,4)5)26-18-19-27(32(26)9)21(2)31-25-17-13-11-15-23(25)29(6,7)8;;;/h10-19H,1-9H3;2*1H;/q;;;+2/p-2. The van der Waals surface area contributed by atoms with Gasteiger partial charge in [0.25, 0.3) is 0 Å². The molecule has 0 amide bonds. The third-order valence-corrected chi connectivity index (χ3v) is 5.86. The summed E-state index contributed by atoms with van der Waals surface area (Å²) < 4.78 is 2.19. The zero-order valence-electron chi connectivity index (χ0n) is 22.2. The van der Waals surface area contributed by atoms with E-state index in [-0.39, 0.29) is 10.8 Å². The van der Waals surface area contributed by atoms with Crippen molar-refractivity contribution in [2.45, 2.75) is 66.2 Å². The Labute approximate surface area is 232 Å². The van der Waals surface area contributed by atoms with E-state index in [4.69, 9.17) is 9.98 Å². The maximum absolute atomic E-state index is 5.02. The molecule has 0 radical (unpaired) electrons. The van der Waals surface area contributed by atoms with E-state index in [1.54, 1.807) is 0 Å². The van der Waals surface area contributed by atoms with Crippen molar-refractivity contribution in [1.29, 1.82) is 0 Å². The van der Waals surface area contributed by atoms with Crippen LogP contribution in [0.15, 0.2) is 70.6 Å². The molecule has 0 aliphatic carbocycles. The van der Waals surface area contributed by atoms with Crippen LogP contribution in [0, 0.1) is 0 Å². The van der Waals surface area contributed by atoms with Gasteiger partial charge in [-0.05, 0) is 60.1 Å². The summed E-state index contributed by atoms with van der Waals surface area (Å²) in [7, 11) is 2.09. The normalized spacial score (nSPS) is 13.0. The van der Waals surface area contributed by atoms with Crippen LogP contribution in [0.2, 0.25) is 0 Å². The molecular weight excluding hydrogens is 606 g/mol. The quantitative estimate of drug-likeness (QED) is 0.200. The number of benzene rings is 2. The zero-order valence-corrected chi connectivity index (χ0v) is 26.5. The van der Waals surface area contributed by atoms with Crippen LogP contribution in [0.3, 0.4) is 0 Å². The number of rotatable bonds is 4. The zero-order chi connectivity index (χ0) is 26.4. The van der Waals surface area contributed by atoms with Crippen molar-refractivity contribution in [2.75, 3.05) is 0 Å². The van der Waals surface area contributed by atoms with Crippen molar-refractivity contribution in [3.8, 4) is 0 Å². The Bertz CT molecular complexity index is 1100. The van der Waals surface area contributed by atoms with Gasteiger partial charge in [0.15, 0.2) is 0 Å². The van der Waals surface area contributed by atoms with E-state index < -0.39 is 0 Å². The molecule has 1 aromatic heterocycles. The first-order valence-corrected chi connectivity index (χ1v) is 17.1. The minimum atomic E-state index is 0.0451. The van der Waals surface area contributed by atoms with Crippen molar-refractivity contribution in [3.05, 3.63) is 83.2 Å². The third-order valence-electron chi connectivity index (χ3n) is 5.86. The van der Waals surface area contributed by atoms with Gasteiger partial charge < -0.3 is 4.57 Å². The van der Waals surface area contributed by atoms with Crippen LogP contribution in [-0.4, -0.2) is 16.0 Å². The van der Waals surface area contributed by atoms with E-state index in [0.717, 1.165) is 45.5 Å². The second kappa shape index (κ2) is 12.7. The van der Waals surface area contributed by atoms with Gasteiger partial charge in [-0.1, -0.05) is 77.9 Å². The Morgan fingerprint density at radius 2 is 0.971 bits per heavy atom. The summed E-state index contributed by atoms with van der Waals surface area (Å²) in [6.45, 7) is 17.5. The molecule has 35 heavy (non-hydrogen) atoms. The van der Waals surface area contributed by atoms with E-state index in [1.165, 1.54) is 11.1 Å². The molecule has 1 heterocycles. The van der Waals surface area contributed by atoms with Crippen molar-refractivity contribution in [3.63, 3.8) is 0 Å². The van der Waals surface area contributed by atoms with Gasteiger partial charge in [-0.15, -0.1) is 0 Å². The summed E-state index contributed by atoms with van der Waals surface area (Å²) >= 11 is 7.00. The van der Waals surface area contributed by atoms with Gasteiger partial charge >= 0.3 is 39.6 Å². The number of nitrogens with zero attached hydrogens (tertiary/aromatic N) is 3. The van der Waals surface area contributed by atoms with Crippen molar-refractivity contribution in [1.82, 2.24) is 4.57 Å². The molecule has 0 fully saturated rings. The molecule has 6 heteroatoms. The Hall–Kier alpha value is -1.46. The van der Waals surface area contributed by atoms with Gasteiger partial charge in [0.05, 0.1) is 34.2 Å². The first kappa shape index (κ1) is 29.8. The van der Waals surface area contributed by atoms with E-state index >= 15 is 0 Å². The van der Waals surface area contributed by atoms with E-state index in [0.29, 0.717) is 0 Å². The van der Waals surface area contributed by atoms with Gasteiger partial charge in [0.1, 0.15) is 0 Å². The van der Waals surface area contributed by atoms with Crippen LogP contribution >= 0.6 is 28.2 Å². The maximum atomic E-state index is 5.02. The predicted molar refractivity (Wildman–Crippen MR) is 157 cm³/mol. The molecule has 0 spiro atoms. The molecule has 3 aromatic rings. The van der Waals surface area contributed by atoms with Crippen LogP contribution in [0.1, 0.15) is 77.9 Å². The summed E-state index contributed by atoms with van der Waals surface area (Å²) in [5.74, 6) is 0. The summed E-state index contributed by atoms with van der Waals surface area (Å²) in [6.07, 6.45) is 0. The SMILES string of the molecule is CC(=Nc1ccccc1C(C)(C)C)c1ccc(C(C)=Nc2ccccc2C(C)(C)C)n1C.[Br][Fe][Br]. The van der Waals surface area contributed by atoms with Crippen LogP contribution in [0.5, 0.6) is 0 Å². The fourth-order valence-electron chi connectivity index (χ4n) is 4.12. The summed E-state index contributed by atoms with van der Waals surface area (Å²) in [5.41, 5.74) is 8.86. The number of halogens is 2. The van der Waals surface area contributed by atoms with Crippen LogP contribution in [0.4, 0.5) is 11.4 Å².